The van der Waals surface area contributed by atoms with Crippen LogP contribution in [0.5, 0.6) is 0 Å². The van der Waals surface area contributed by atoms with Crippen molar-refractivity contribution in [2.45, 2.75) is 51.3 Å². The summed E-state index contributed by atoms with van der Waals surface area (Å²) in [6, 6.07) is 0.200. The molecule has 0 aliphatic heterocycles. The predicted octanol–water partition coefficient (Wildman–Crippen LogP) is 2.62. The van der Waals surface area contributed by atoms with Gasteiger partial charge in [-0.25, -0.2) is 4.98 Å². The summed E-state index contributed by atoms with van der Waals surface area (Å²) in [5, 5.41) is 3.72. The molecule has 1 amide bonds. The number of carbonyl (C=O) groups is 1. The Morgan fingerprint density at radius 1 is 1.48 bits per heavy atom. The fraction of sp³-hybridized carbons (Fsp3) is 0.562. The van der Waals surface area contributed by atoms with E-state index in [0.717, 1.165) is 35.9 Å². The van der Waals surface area contributed by atoms with Gasteiger partial charge in [0.25, 0.3) is 5.56 Å². The first kappa shape index (κ1) is 16.5. The molecule has 0 saturated carbocycles. The molecule has 5 nitrogen and oxygen atoms in total. The van der Waals surface area contributed by atoms with Crippen LogP contribution in [0.2, 0.25) is 0 Å². The first-order valence-electron chi connectivity index (χ1n) is 7.99. The summed E-state index contributed by atoms with van der Waals surface area (Å²) in [6.45, 7) is 4.03. The fourth-order valence-corrected chi connectivity index (χ4v) is 4.76. The number of thiophene rings is 1. The molecule has 2 N–H and O–H groups in total. The molecule has 2 heterocycles. The summed E-state index contributed by atoms with van der Waals surface area (Å²) in [7, 11) is 0. The number of carbonyl (C=O) groups excluding carboxylic acids is 1. The molecule has 1 aliphatic carbocycles. The Kier molecular flexibility index (Phi) is 5.06. The van der Waals surface area contributed by atoms with Crippen LogP contribution in [0, 0.1) is 0 Å². The molecular formula is C16H21N3O2S2. The molecule has 0 bridgehead atoms. The van der Waals surface area contributed by atoms with Crippen molar-refractivity contribution in [1.82, 2.24) is 15.3 Å². The Morgan fingerprint density at radius 2 is 2.30 bits per heavy atom. The topological polar surface area (TPSA) is 74.8 Å². The SMILES string of the molecule is CCC(C)NC(=O)CSCc1nc2sc3c(c2c(=O)[nH]1)CCC3. The van der Waals surface area contributed by atoms with Gasteiger partial charge in [0.1, 0.15) is 10.7 Å². The number of hydrogen-bond acceptors (Lipinski definition) is 5. The number of H-pyrrole nitrogens is 1. The van der Waals surface area contributed by atoms with Crippen LogP contribution >= 0.6 is 23.1 Å². The lowest BCUT2D eigenvalue weighted by atomic mass is 10.2. The van der Waals surface area contributed by atoms with Crippen LogP contribution in [-0.2, 0) is 23.4 Å². The summed E-state index contributed by atoms with van der Waals surface area (Å²) in [5.41, 5.74) is 1.17. The van der Waals surface area contributed by atoms with E-state index < -0.39 is 0 Å². The van der Waals surface area contributed by atoms with E-state index in [1.165, 1.54) is 22.2 Å². The van der Waals surface area contributed by atoms with Crippen LogP contribution < -0.4 is 10.9 Å². The van der Waals surface area contributed by atoms with Gasteiger partial charge in [0.05, 0.1) is 16.9 Å². The van der Waals surface area contributed by atoms with Crippen LogP contribution in [-0.4, -0.2) is 27.7 Å². The number of aromatic amines is 1. The highest BCUT2D eigenvalue weighted by Crippen LogP contribution is 2.34. The third-order valence-electron chi connectivity index (χ3n) is 4.12. The van der Waals surface area contributed by atoms with Gasteiger partial charge in [-0.1, -0.05) is 6.92 Å². The third-order valence-corrected chi connectivity index (χ3v) is 6.25. The standard InChI is InChI=1S/C16H21N3O2S2/c1-3-9(2)17-13(20)8-22-7-12-18-15(21)14-10-5-4-6-11(10)23-16(14)19-12/h9H,3-8H2,1-2H3,(H,17,20)(H,18,19,21). The number of fused-ring (bicyclic) bond motifs is 3. The van der Waals surface area contributed by atoms with Crippen molar-refractivity contribution < 1.29 is 4.79 Å². The first-order valence-corrected chi connectivity index (χ1v) is 9.96. The van der Waals surface area contributed by atoms with Crippen molar-refractivity contribution in [3.05, 3.63) is 26.6 Å². The number of amides is 1. The second kappa shape index (κ2) is 7.05. The van der Waals surface area contributed by atoms with Gasteiger partial charge < -0.3 is 10.3 Å². The maximum Gasteiger partial charge on any atom is 0.259 e. The maximum atomic E-state index is 12.3. The third kappa shape index (κ3) is 3.61. The Labute approximate surface area is 143 Å². The van der Waals surface area contributed by atoms with E-state index >= 15 is 0 Å². The van der Waals surface area contributed by atoms with Crippen LogP contribution in [0.25, 0.3) is 10.2 Å². The molecule has 0 spiro atoms. The predicted molar refractivity (Wildman–Crippen MR) is 96.3 cm³/mol. The van der Waals surface area contributed by atoms with Gasteiger partial charge in [0.15, 0.2) is 0 Å². The number of aryl methyl sites for hydroxylation is 2. The Hall–Kier alpha value is -1.34. The zero-order chi connectivity index (χ0) is 16.4. The molecule has 124 valence electrons. The van der Waals surface area contributed by atoms with E-state index in [9.17, 15) is 9.59 Å². The first-order chi connectivity index (χ1) is 11.1. The molecule has 2 aromatic rings. The normalized spacial score (nSPS) is 14.9. The number of nitrogens with zero attached hydrogens (tertiary/aromatic N) is 1. The number of rotatable bonds is 6. The molecule has 1 atom stereocenters. The van der Waals surface area contributed by atoms with Gasteiger partial charge in [-0.3, -0.25) is 9.59 Å². The average molecular weight is 351 g/mol. The highest BCUT2D eigenvalue weighted by Gasteiger charge is 2.21. The number of nitrogens with one attached hydrogen (secondary N) is 2. The van der Waals surface area contributed by atoms with E-state index in [0.29, 0.717) is 17.3 Å². The molecule has 23 heavy (non-hydrogen) atoms. The zero-order valence-corrected chi connectivity index (χ0v) is 15.0. The van der Waals surface area contributed by atoms with Crippen LogP contribution in [0.4, 0.5) is 0 Å². The van der Waals surface area contributed by atoms with Crippen LogP contribution in [0.1, 0.15) is 43.0 Å². The molecule has 1 unspecified atom stereocenters. The molecule has 0 fully saturated rings. The van der Waals surface area contributed by atoms with Gasteiger partial charge >= 0.3 is 0 Å². The Balaban J connectivity index is 1.65. The maximum absolute atomic E-state index is 12.3. The smallest absolute Gasteiger partial charge is 0.259 e. The number of thioether (sulfide) groups is 1. The lowest BCUT2D eigenvalue weighted by Crippen LogP contribution is -2.33. The second-order valence-electron chi connectivity index (χ2n) is 5.92. The van der Waals surface area contributed by atoms with Crippen molar-refractivity contribution in [3.8, 4) is 0 Å². The van der Waals surface area contributed by atoms with E-state index in [1.807, 2.05) is 13.8 Å². The van der Waals surface area contributed by atoms with E-state index in [1.54, 1.807) is 11.3 Å². The van der Waals surface area contributed by atoms with Gasteiger partial charge in [0, 0.05) is 10.9 Å². The van der Waals surface area contributed by atoms with Crippen LogP contribution in [0.15, 0.2) is 4.79 Å². The Bertz CT molecular complexity index is 781. The number of aromatic nitrogens is 2. The molecular weight excluding hydrogens is 330 g/mol. The van der Waals surface area contributed by atoms with Crippen molar-refractivity contribution in [3.63, 3.8) is 0 Å². The summed E-state index contributed by atoms with van der Waals surface area (Å²) < 4.78 is 0. The van der Waals surface area contributed by atoms with Crippen molar-refractivity contribution in [1.29, 1.82) is 0 Å². The summed E-state index contributed by atoms with van der Waals surface area (Å²) in [4.78, 5) is 33.7. The summed E-state index contributed by atoms with van der Waals surface area (Å²) in [6.07, 6.45) is 4.12. The van der Waals surface area contributed by atoms with Gasteiger partial charge in [-0.2, -0.15) is 0 Å². The van der Waals surface area contributed by atoms with Gasteiger partial charge in [0.2, 0.25) is 5.91 Å². The molecule has 0 aromatic carbocycles. The van der Waals surface area contributed by atoms with E-state index in [4.69, 9.17) is 0 Å². The minimum atomic E-state index is -0.0333. The second-order valence-corrected chi connectivity index (χ2v) is 7.99. The van der Waals surface area contributed by atoms with Crippen molar-refractivity contribution in [2.24, 2.45) is 0 Å². The minimum Gasteiger partial charge on any atom is -0.353 e. The Morgan fingerprint density at radius 3 is 3.09 bits per heavy atom. The van der Waals surface area contributed by atoms with Crippen LogP contribution in [0.3, 0.4) is 0 Å². The van der Waals surface area contributed by atoms with Crippen molar-refractivity contribution in [2.75, 3.05) is 5.75 Å². The number of hydrogen-bond donors (Lipinski definition) is 2. The molecule has 7 heteroatoms. The highest BCUT2D eigenvalue weighted by atomic mass is 32.2. The summed E-state index contributed by atoms with van der Waals surface area (Å²) >= 11 is 3.12. The van der Waals surface area contributed by atoms with Gasteiger partial charge in [-0.15, -0.1) is 23.1 Å². The lowest BCUT2D eigenvalue weighted by Gasteiger charge is -2.10. The average Bonchev–Trinajstić information content (AvgIpc) is 3.07. The lowest BCUT2D eigenvalue weighted by molar-refractivity contribution is -0.119. The zero-order valence-electron chi connectivity index (χ0n) is 13.4. The summed E-state index contributed by atoms with van der Waals surface area (Å²) in [5.74, 6) is 1.61. The van der Waals surface area contributed by atoms with E-state index in [2.05, 4.69) is 15.3 Å². The molecule has 3 rings (SSSR count). The van der Waals surface area contributed by atoms with Gasteiger partial charge in [-0.05, 0) is 38.2 Å². The highest BCUT2D eigenvalue weighted by molar-refractivity contribution is 7.99. The monoisotopic (exact) mass is 351 g/mol. The largest absolute Gasteiger partial charge is 0.353 e. The van der Waals surface area contributed by atoms with Crippen molar-refractivity contribution >= 4 is 39.2 Å². The quantitative estimate of drug-likeness (QED) is 0.839. The molecule has 0 radical (unpaired) electrons. The fourth-order valence-electron chi connectivity index (χ4n) is 2.77. The minimum absolute atomic E-state index is 0.0304. The van der Waals surface area contributed by atoms with E-state index in [-0.39, 0.29) is 17.5 Å². The molecule has 0 saturated heterocycles. The molecule has 1 aliphatic rings. The molecule has 2 aromatic heterocycles.